The number of anilines is 2. The molecule has 102 valence electrons. The highest BCUT2D eigenvalue weighted by Crippen LogP contribution is 2.33. The van der Waals surface area contributed by atoms with Crippen LogP contribution in [0, 0.1) is 13.8 Å². The van der Waals surface area contributed by atoms with Crippen LogP contribution in [0.3, 0.4) is 0 Å². The van der Waals surface area contributed by atoms with Crippen molar-refractivity contribution in [2.75, 3.05) is 10.6 Å². The highest BCUT2D eigenvalue weighted by Gasteiger charge is 2.22. The Hall–Kier alpha value is -2.29. The first-order valence-corrected chi connectivity index (χ1v) is 6.86. The van der Waals surface area contributed by atoms with Gasteiger partial charge in [0.2, 0.25) is 5.91 Å². The number of aryl methyl sites for hydroxylation is 2. The van der Waals surface area contributed by atoms with Crippen LogP contribution >= 0.6 is 0 Å². The molecule has 1 aliphatic rings. The Morgan fingerprint density at radius 2 is 1.65 bits per heavy atom. The molecule has 1 amide bonds. The lowest BCUT2D eigenvalue weighted by atomic mass is 10.0. The topological polar surface area (TPSA) is 41.1 Å². The molecule has 0 spiro atoms. The summed E-state index contributed by atoms with van der Waals surface area (Å²) in [6, 6.07) is 14.2. The van der Waals surface area contributed by atoms with Gasteiger partial charge in [0.15, 0.2) is 0 Å². The van der Waals surface area contributed by atoms with Crippen molar-refractivity contribution in [1.82, 2.24) is 0 Å². The lowest BCUT2D eigenvalue weighted by molar-refractivity contribution is -0.116. The third kappa shape index (κ3) is 2.39. The predicted octanol–water partition coefficient (Wildman–Crippen LogP) is 3.80. The summed E-state index contributed by atoms with van der Waals surface area (Å²) in [5, 5.41) is 6.48. The molecule has 0 aliphatic carbocycles. The summed E-state index contributed by atoms with van der Waals surface area (Å²) in [6.07, 6.45) is 0.441. The van der Waals surface area contributed by atoms with Crippen LogP contribution in [0.25, 0.3) is 0 Å². The zero-order valence-corrected chi connectivity index (χ0v) is 11.7. The van der Waals surface area contributed by atoms with E-state index >= 15 is 0 Å². The van der Waals surface area contributed by atoms with Gasteiger partial charge in [-0.3, -0.25) is 4.79 Å². The van der Waals surface area contributed by atoms with Crippen molar-refractivity contribution in [3.05, 3.63) is 59.2 Å². The molecule has 1 heterocycles. The summed E-state index contributed by atoms with van der Waals surface area (Å²) < 4.78 is 0. The molecule has 0 saturated heterocycles. The van der Waals surface area contributed by atoms with Crippen molar-refractivity contribution < 1.29 is 4.79 Å². The monoisotopic (exact) mass is 266 g/mol. The third-order valence-electron chi connectivity index (χ3n) is 3.83. The highest BCUT2D eigenvalue weighted by atomic mass is 16.1. The first kappa shape index (κ1) is 12.7. The molecule has 0 bridgehead atoms. The van der Waals surface area contributed by atoms with Gasteiger partial charge in [-0.2, -0.15) is 0 Å². The van der Waals surface area contributed by atoms with Gasteiger partial charge in [0.05, 0.1) is 23.8 Å². The van der Waals surface area contributed by atoms with E-state index in [1.807, 2.05) is 24.3 Å². The van der Waals surface area contributed by atoms with Crippen LogP contribution in [-0.2, 0) is 4.79 Å². The maximum Gasteiger partial charge on any atom is 0.226 e. The van der Waals surface area contributed by atoms with E-state index in [-0.39, 0.29) is 11.9 Å². The minimum atomic E-state index is 0.0135. The molecule has 0 unspecified atom stereocenters. The Kier molecular flexibility index (Phi) is 3.18. The summed E-state index contributed by atoms with van der Waals surface area (Å²) >= 11 is 0. The van der Waals surface area contributed by atoms with E-state index in [1.54, 1.807) is 0 Å². The molecule has 0 radical (unpaired) electrons. The van der Waals surface area contributed by atoms with Crippen molar-refractivity contribution in [3.63, 3.8) is 0 Å². The van der Waals surface area contributed by atoms with E-state index in [2.05, 4.69) is 42.7 Å². The van der Waals surface area contributed by atoms with E-state index in [0.717, 1.165) is 16.9 Å². The summed E-state index contributed by atoms with van der Waals surface area (Å²) in [6.45, 7) is 4.14. The molecule has 3 heteroatoms. The largest absolute Gasteiger partial charge is 0.376 e. The van der Waals surface area contributed by atoms with Crippen LogP contribution in [-0.4, -0.2) is 5.91 Å². The molecule has 20 heavy (non-hydrogen) atoms. The average molecular weight is 266 g/mol. The quantitative estimate of drug-likeness (QED) is 0.824. The molecule has 3 rings (SSSR count). The Morgan fingerprint density at radius 1 is 1.00 bits per heavy atom. The van der Waals surface area contributed by atoms with E-state index in [9.17, 15) is 4.79 Å². The fraction of sp³-hybridized carbons (Fsp3) is 0.235. The standard InChI is InChI=1S/C17H18N2O/c1-11-8-15-16(9-12(11)2)19-17(20)10-14(18-15)13-6-4-3-5-7-13/h3-9,14,18H,10H2,1-2H3,(H,19,20)/t14-/m1/s1. The molecule has 1 aliphatic heterocycles. The van der Waals surface area contributed by atoms with E-state index in [0.29, 0.717) is 6.42 Å². The Morgan fingerprint density at radius 3 is 2.35 bits per heavy atom. The highest BCUT2D eigenvalue weighted by molar-refractivity contribution is 5.96. The Balaban J connectivity index is 2.01. The number of rotatable bonds is 1. The number of hydrogen-bond acceptors (Lipinski definition) is 2. The molecule has 2 aromatic rings. The molecular weight excluding hydrogens is 248 g/mol. The predicted molar refractivity (Wildman–Crippen MR) is 82.0 cm³/mol. The van der Waals surface area contributed by atoms with Gasteiger partial charge in [0.25, 0.3) is 0 Å². The molecule has 2 aromatic carbocycles. The van der Waals surface area contributed by atoms with Crippen LogP contribution in [0.15, 0.2) is 42.5 Å². The number of fused-ring (bicyclic) bond motifs is 1. The van der Waals surface area contributed by atoms with E-state index in [4.69, 9.17) is 0 Å². The summed E-state index contributed by atoms with van der Waals surface area (Å²) in [4.78, 5) is 12.1. The molecule has 1 atom stereocenters. The molecule has 0 fully saturated rings. The number of benzene rings is 2. The van der Waals surface area contributed by atoms with Crippen LogP contribution in [0.1, 0.15) is 29.2 Å². The number of carbonyl (C=O) groups is 1. The van der Waals surface area contributed by atoms with Crippen LogP contribution in [0.4, 0.5) is 11.4 Å². The molecular formula is C17H18N2O. The summed E-state index contributed by atoms with van der Waals surface area (Å²) in [5.41, 5.74) is 5.40. The van der Waals surface area contributed by atoms with Crippen molar-refractivity contribution in [3.8, 4) is 0 Å². The number of hydrogen-bond donors (Lipinski definition) is 2. The molecule has 0 saturated carbocycles. The maximum atomic E-state index is 12.1. The third-order valence-corrected chi connectivity index (χ3v) is 3.83. The maximum absolute atomic E-state index is 12.1. The fourth-order valence-corrected chi connectivity index (χ4v) is 2.55. The fourth-order valence-electron chi connectivity index (χ4n) is 2.55. The molecule has 2 N–H and O–H groups in total. The minimum Gasteiger partial charge on any atom is -0.376 e. The normalized spacial score (nSPS) is 17.7. The van der Waals surface area contributed by atoms with E-state index in [1.165, 1.54) is 11.1 Å². The number of amides is 1. The SMILES string of the molecule is Cc1cc2c(cc1C)N[C@@H](c1ccccc1)CC(=O)N2. The molecule has 3 nitrogen and oxygen atoms in total. The van der Waals surface area contributed by atoms with Gasteiger partial charge in [-0.05, 0) is 42.7 Å². The first-order valence-electron chi connectivity index (χ1n) is 6.86. The van der Waals surface area contributed by atoms with Crippen LogP contribution in [0.2, 0.25) is 0 Å². The minimum absolute atomic E-state index is 0.0135. The van der Waals surface area contributed by atoms with Gasteiger partial charge in [0.1, 0.15) is 0 Å². The van der Waals surface area contributed by atoms with Gasteiger partial charge in [-0.15, -0.1) is 0 Å². The van der Waals surface area contributed by atoms with Crippen molar-refractivity contribution in [2.45, 2.75) is 26.3 Å². The number of carbonyl (C=O) groups excluding carboxylic acids is 1. The van der Waals surface area contributed by atoms with Crippen molar-refractivity contribution >= 4 is 17.3 Å². The Bertz CT molecular complexity index is 650. The lowest BCUT2D eigenvalue weighted by Crippen LogP contribution is -2.15. The zero-order chi connectivity index (χ0) is 14.1. The smallest absolute Gasteiger partial charge is 0.226 e. The van der Waals surface area contributed by atoms with Crippen molar-refractivity contribution in [1.29, 1.82) is 0 Å². The van der Waals surface area contributed by atoms with Gasteiger partial charge >= 0.3 is 0 Å². The second-order valence-corrected chi connectivity index (χ2v) is 5.34. The van der Waals surface area contributed by atoms with Crippen LogP contribution in [0.5, 0.6) is 0 Å². The lowest BCUT2D eigenvalue weighted by Gasteiger charge is -2.18. The van der Waals surface area contributed by atoms with Gasteiger partial charge in [0, 0.05) is 0 Å². The van der Waals surface area contributed by atoms with Gasteiger partial charge < -0.3 is 10.6 Å². The van der Waals surface area contributed by atoms with Gasteiger partial charge in [-0.1, -0.05) is 30.3 Å². The summed E-state index contributed by atoms with van der Waals surface area (Å²) in [7, 11) is 0. The van der Waals surface area contributed by atoms with E-state index < -0.39 is 0 Å². The Labute approximate surface area is 119 Å². The second kappa shape index (κ2) is 5.00. The molecule has 0 aromatic heterocycles. The van der Waals surface area contributed by atoms with Gasteiger partial charge in [-0.25, -0.2) is 0 Å². The summed E-state index contributed by atoms with van der Waals surface area (Å²) in [5.74, 6) is 0.0494. The average Bonchev–Trinajstić information content (AvgIpc) is 2.59. The number of nitrogens with one attached hydrogen (secondary N) is 2. The first-order chi connectivity index (χ1) is 9.63. The van der Waals surface area contributed by atoms with Crippen molar-refractivity contribution in [2.24, 2.45) is 0 Å². The zero-order valence-electron chi connectivity index (χ0n) is 11.7. The van der Waals surface area contributed by atoms with Crippen LogP contribution < -0.4 is 10.6 Å². The second-order valence-electron chi connectivity index (χ2n) is 5.34.